The highest BCUT2D eigenvalue weighted by Gasteiger charge is 2.31. The molecule has 0 spiro atoms. The van der Waals surface area contributed by atoms with Gasteiger partial charge in [-0.15, -0.1) is 0 Å². The molecular formula is C20H24F4N2O. The van der Waals surface area contributed by atoms with Gasteiger partial charge in [-0.1, -0.05) is 12.5 Å². The van der Waals surface area contributed by atoms with Crippen molar-refractivity contribution in [3.8, 4) is 0 Å². The third-order valence-corrected chi connectivity index (χ3v) is 5.31. The summed E-state index contributed by atoms with van der Waals surface area (Å²) in [6.07, 6.45) is 3.45. The van der Waals surface area contributed by atoms with Gasteiger partial charge in [-0.3, -0.25) is 4.79 Å². The molecular weight excluding hydrogens is 360 g/mol. The minimum Gasteiger partial charge on any atom is -0.335 e. The number of hydrogen-bond acceptors (Lipinski definition) is 2. The van der Waals surface area contributed by atoms with E-state index in [1.54, 1.807) is 4.90 Å². The zero-order chi connectivity index (χ0) is 19.4. The molecule has 0 bridgehead atoms. The van der Waals surface area contributed by atoms with Crippen molar-refractivity contribution in [2.75, 3.05) is 26.2 Å². The average Bonchev–Trinajstić information content (AvgIpc) is 3.08. The molecule has 27 heavy (non-hydrogen) atoms. The molecule has 2 saturated heterocycles. The number of piperidine rings is 1. The molecule has 1 unspecified atom stereocenters. The van der Waals surface area contributed by atoms with Gasteiger partial charge in [0.2, 0.25) is 5.91 Å². The molecule has 1 aromatic rings. The van der Waals surface area contributed by atoms with Crippen LogP contribution in [0.2, 0.25) is 0 Å². The molecule has 3 rings (SSSR count). The quantitative estimate of drug-likeness (QED) is 0.570. The molecule has 2 fully saturated rings. The lowest BCUT2D eigenvalue weighted by Crippen LogP contribution is -2.44. The van der Waals surface area contributed by atoms with Crippen molar-refractivity contribution >= 4 is 12.0 Å². The molecule has 0 N–H and O–H groups in total. The standard InChI is InChI=1S/C20H24F4N2O/c21-18-13-16(20(22,23)24)8-6-15(18)7-9-19(27)26-12-4-5-17(26)14-25-10-2-1-3-11-25/h6-9,13,17H,1-5,10-12,14H2. The molecule has 1 amide bonds. The Hall–Kier alpha value is -1.89. The van der Waals surface area contributed by atoms with Gasteiger partial charge in [0.05, 0.1) is 5.56 Å². The maximum Gasteiger partial charge on any atom is 0.416 e. The summed E-state index contributed by atoms with van der Waals surface area (Å²) in [5, 5.41) is 0. The van der Waals surface area contributed by atoms with Crippen LogP contribution in [0.1, 0.15) is 43.2 Å². The second-order valence-electron chi connectivity index (χ2n) is 7.26. The summed E-state index contributed by atoms with van der Waals surface area (Å²) < 4.78 is 51.7. The molecule has 0 saturated carbocycles. The number of halogens is 4. The fourth-order valence-electron chi connectivity index (χ4n) is 3.85. The highest BCUT2D eigenvalue weighted by molar-refractivity contribution is 5.92. The van der Waals surface area contributed by atoms with E-state index in [0.29, 0.717) is 12.6 Å². The summed E-state index contributed by atoms with van der Waals surface area (Å²) in [7, 11) is 0. The number of hydrogen-bond donors (Lipinski definition) is 0. The zero-order valence-corrected chi connectivity index (χ0v) is 15.1. The lowest BCUT2D eigenvalue weighted by Gasteiger charge is -2.32. The first-order chi connectivity index (χ1) is 12.8. The fourth-order valence-corrected chi connectivity index (χ4v) is 3.85. The Bertz CT molecular complexity index is 696. The molecule has 2 aliphatic rings. The van der Waals surface area contributed by atoms with Crippen molar-refractivity contribution < 1.29 is 22.4 Å². The van der Waals surface area contributed by atoms with Crippen LogP contribution in [0.4, 0.5) is 17.6 Å². The number of benzene rings is 1. The molecule has 148 valence electrons. The SMILES string of the molecule is O=C(C=Cc1ccc(C(F)(F)F)cc1F)N1CCCC1CN1CCCCC1. The normalized spacial score (nSPS) is 21.9. The van der Waals surface area contributed by atoms with Gasteiger partial charge in [0.25, 0.3) is 0 Å². The maximum absolute atomic E-state index is 13.9. The highest BCUT2D eigenvalue weighted by atomic mass is 19.4. The summed E-state index contributed by atoms with van der Waals surface area (Å²) in [4.78, 5) is 16.7. The molecule has 2 heterocycles. The summed E-state index contributed by atoms with van der Waals surface area (Å²) in [5.74, 6) is -1.20. The molecule has 0 radical (unpaired) electrons. The largest absolute Gasteiger partial charge is 0.416 e. The third kappa shape index (κ3) is 5.09. The van der Waals surface area contributed by atoms with E-state index in [9.17, 15) is 22.4 Å². The van der Waals surface area contributed by atoms with Gasteiger partial charge in [-0.25, -0.2) is 4.39 Å². The van der Waals surface area contributed by atoms with Crippen molar-refractivity contribution in [3.05, 3.63) is 41.2 Å². The number of carbonyl (C=O) groups is 1. The third-order valence-electron chi connectivity index (χ3n) is 5.31. The summed E-state index contributed by atoms with van der Waals surface area (Å²) in [5.41, 5.74) is -1.06. The number of carbonyl (C=O) groups excluding carboxylic acids is 1. The monoisotopic (exact) mass is 384 g/mol. The van der Waals surface area contributed by atoms with Crippen molar-refractivity contribution in [3.63, 3.8) is 0 Å². The first-order valence-corrected chi connectivity index (χ1v) is 9.42. The first-order valence-electron chi connectivity index (χ1n) is 9.42. The Kier molecular flexibility index (Phi) is 6.19. The van der Waals surface area contributed by atoms with Crippen LogP contribution in [0.25, 0.3) is 6.08 Å². The molecule has 0 aliphatic carbocycles. The van der Waals surface area contributed by atoms with E-state index in [1.807, 2.05) is 0 Å². The van der Waals surface area contributed by atoms with Gasteiger partial charge >= 0.3 is 6.18 Å². The first kappa shape index (κ1) is 19.9. The van der Waals surface area contributed by atoms with Crippen LogP contribution >= 0.6 is 0 Å². The van der Waals surface area contributed by atoms with Crippen LogP contribution in [-0.4, -0.2) is 47.9 Å². The Morgan fingerprint density at radius 2 is 1.85 bits per heavy atom. The maximum atomic E-state index is 13.9. The van der Waals surface area contributed by atoms with E-state index in [-0.39, 0.29) is 17.5 Å². The number of likely N-dealkylation sites (tertiary alicyclic amines) is 2. The number of rotatable bonds is 4. The Morgan fingerprint density at radius 1 is 1.11 bits per heavy atom. The number of amides is 1. The van der Waals surface area contributed by atoms with E-state index in [2.05, 4.69) is 4.90 Å². The molecule has 7 heteroatoms. The van der Waals surface area contributed by atoms with E-state index >= 15 is 0 Å². The van der Waals surface area contributed by atoms with Crippen LogP contribution in [0.5, 0.6) is 0 Å². The second-order valence-corrected chi connectivity index (χ2v) is 7.26. The van der Waals surface area contributed by atoms with Gasteiger partial charge in [0.1, 0.15) is 5.82 Å². The van der Waals surface area contributed by atoms with Gasteiger partial charge in [0, 0.05) is 30.8 Å². The van der Waals surface area contributed by atoms with Crippen molar-refractivity contribution in [2.24, 2.45) is 0 Å². The van der Waals surface area contributed by atoms with Gasteiger partial charge in [0.15, 0.2) is 0 Å². The Morgan fingerprint density at radius 3 is 2.52 bits per heavy atom. The van der Waals surface area contributed by atoms with Crippen LogP contribution < -0.4 is 0 Å². The van der Waals surface area contributed by atoms with E-state index in [0.717, 1.165) is 44.6 Å². The van der Waals surface area contributed by atoms with E-state index in [1.165, 1.54) is 31.4 Å². The van der Waals surface area contributed by atoms with Crippen LogP contribution in [0.3, 0.4) is 0 Å². The number of nitrogens with zero attached hydrogens (tertiary/aromatic N) is 2. The Labute approximate surface area is 156 Å². The Balaban J connectivity index is 1.63. The predicted octanol–water partition coefficient (Wildman–Crippen LogP) is 4.33. The fraction of sp³-hybridized carbons (Fsp3) is 0.550. The molecule has 1 atom stereocenters. The number of alkyl halides is 3. The molecule has 0 aromatic heterocycles. The highest BCUT2D eigenvalue weighted by Crippen LogP contribution is 2.30. The molecule has 3 nitrogen and oxygen atoms in total. The lowest BCUT2D eigenvalue weighted by molar-refractivity contribution is -0.137. The van der Waals surface area contributed by atoms with Crippen molar-refractivity contribution in [1.29, 1.82) is 0 Å². The topological polar surface area (TPSA) is 23.6 Å². The molecule has 2 aliphatic heterocycles. The van der Waals surface area contributed by atoms with Crippen LogP contribution in [0.15, 0.2) is 24.3 Å². The van der Waals surface area contributed by atoms with Crippen molar-refractivity contribution in [2.45, 2.75) is 44.3 Å². The summed E-state index contributed by atoms with van der Waals surface area (Å²) >= 11 is 0. The van der Waals surface area contributed by atoms with Gasteiger partial charge < -0.3 is 9.80 Å². The minimum atomic E-state index is -4.59. The average molecular weight is 384 g/mol. The predicted molar refractivity (Wildman–Crippen MR) is 95.5 cm³/mol. The summed E-state index contributed by atoms with van der Waals surface area (Å²) in [6.45, 7) is 3.64. The van der Waals surface area contributed by atoms with E-state index in [4.69, 9.17) is 0 Å². The van der Waals surface area contributed by atoms with Crippen molar-refractivity contribution in [1.82, 2.24) is 9.80 Å². The summed E-state index contributed by atoms with van der Waals surface area (Å²) in [6, 6.07) is 2.48. The van der Waals surface area contributed by atoms with Gasteiger partial charge in [-0.2, -0.15) is 13.2 Å². The van der Waals surface area contributed by atoms with Gasteiger partial charge in [-0.05, 0) is 57.0 Å². The smallest absolute Gasteiger partial charge is 0.335 e. The van der Waals surface area contributed by atoms with E-state index < -0.39 is 17.6 Å². The second kappa shape index (κ2) is 8.42. The van der Waals surface area contributed by atoms with Crippen LogP contribution in [0, 0.1) is 5.82 Å². The lowest BCUT2D eigenvalue weighted by atomic mass is 10.1. The molecule has 1 aromatic carbocycles. The zero-order valence-electron chi connectivity index (χ0n) is 15.1. The van der Waals surface area contributed by atoms with Crippen LogP contribution in [-0.2, 0) is 11.0 Å². The minimum absolute atomic E-state index is 0.0249.